The Balaban J connectivity index is 0.000000168. The molecule has 6 nitrogen and oxygen atoms in total. The van der Waals surface area contributed by atoms with Crippen LogP contribution in [0.25, 0.3) is 17.1 Å². The predicted octanol–water partition coefficient (Wildman–Crippen LogP) is 9.02. The van der Waals surface area contributed by atoms with E-state index in [0.717, 1.165) is 17.1 Å². The second kappa shape index (κ2) is 13.2. The molecule has 0 amide bonds. The van der Waals surface area contributed by atoms with Gasteiger partial charge in [0.15, 0.2) is 11.6 Å². The van der Waals surface area contributed by atoms with E-state index < -0.39 is 0 Å². The molecule has 0 saturated heterocycles. The molecule has 42 heavy (non-hydrogen) atoms. The second-order valence-corrected chi connectivity index (χ2v) is 10.6. The summed E-state index contributed by atoms with van der Waals surface area (Å²) < 4.78 is 1.72. The van der Waals surface area contributed by atoms with Gasteiger partial charge >= 0.3 is 0 Å². The summed E-state index contributed by atoms with van der Waals surface area (Å²) in [4.78, 5) is 32.1. The smallest absolute Gasteiger partial charge is 0.194 e. The highest BCUT2D eigenvalue weighted by atomic mass is 35.5. The van der Waals surface area contributed by atoms with Crippen molar-refractivity contribution in [2.24, 2.45) is 0 Å². The zero-order chi connectivity index (χ0) is 29.6. The normalized spacial score (nSPS) is 10.6. The molecule has 6 rings (SSSR count). The van der Waals surface area contributed by atoms with Crippen molar-refractivity contribution in [3.63, 3.8) is 0 Å². The van der Waals surface area contributed by atoms with E-state index in [1.54, 1.807) is 83.9 Å². The molecule has 0 spiro atoms. The Labute approximate surface area is 261 Å². The average molecular weight is 634 g/mol. The molecular formula is C32H20Cl4N4O2. The maximum atomic E-state index is 12.5. The molecule has 2 aromatic heterocycles. The summed E-state index contributed by atoms with van der Waals surface area (Å²) in [5.74, 6) is 0.442. The standard InChI is InChI=1S/2C16H10Cl2N2O/c17-12-4-7-15(18)14(10-12)16(21)11-2-5-13(6-3-11)20-9-1-8-19-20;17-12-5-6-14(18)13(9-12)15(21)10-1-3-11(4-2-10)16-19-7-8-20-16/h1-10H;1-9H,(H,19,20). The number of H-pyrrole nitrogens is 1. The van der Waals surface area contributed by atoms with Crippen molar-refractivity contribution in [2.75, 3.05) is 0 Å². The first kappa shape index (κ1) is 29.3. The summed E-state index contributed by atoms with van der Waals surface area (Å²) in [6, 6.07) is 25.9. The van der Waals surface area contributed by atoms with Crippen LogP contribution in [-0.2, 0) is 0 Å². The number of aromatic nitrogens is 4. The lowest BCUT2D eigenvalue weighted by Crippen LogP contribution is -2.03. The number of ketones is 2. The first-order valence-corrected chi connectivity index (χ1v) is 14.0. The molecule has 0 aliphatic rings. The Hall–Kier alpha value is -4.20. The fraction of sp³-hybridized carbons (Fsp3) is 0. The third-order valence-electron chi connectivity index (χ3n) is 6.16. The Kier molecular flexibility index (Phi) is 9.20. The summed E-state index contributed by atoms with van der Waals surface area (Å²) in [7, 11) is 0. The highest BCUT2D eigenvalue weighted by Crippen LogP contribution is 2.25. The van der Waals surface area contributed by atoms with Gasteiger partial charge in [0.25, 0.3) is 0 Å². The van der Waals surface area contributed by atoms with Crippen molar-refractivity contribution >= 4 is 58.0 Å². The number of halogens is 4. The van der Waals surface area contributed by atoms with Crippen LogP contribution in [0.15, 0.2) is 116 Å². The van der Waals surface area contributed by atoms with Crippen LogP contribution >= 0.6 is 46.4 Å². The second-order valence-electron chi connectivity index (χ2n) is 8.92. The number of imidazole rings is 1. The number of carbonyl (C=O) groups excluding carboxylic acids is 2. The summed E-state index contributed by atoms with van der Waals surface area (Å²) >= 11 is 24.0. The molecule has 0 radical (unpaired) electrons. The summed E-state index contributed by atoms with van der Waals surface area (Å²) in [5.41, 5.74) is 3.69. The van der Waals surface area contributed by atoms with Gasteiger partial charge in [-0.15, -0.1) is 0 Å². The maximum Gasteiger partial charge on any atom is 0.194 e. The minimum atomic E-state index is -0.159. The molecule has 0 aliphatic carbocycles. The fourth-order valence-corrected chi connectivity index (χ4v) is 4.79. The van der Waals surface area contributed by atoms with Crippen LogP contribution in [-0.4, -0.2) is 31.3 Å². The number of benzene rings is 4. The fourth-order valence-electron chi connectivity index (χ4n) is 4.04. The van der Waals surface area contributed by atoms with E-state index in [9.17, 15) is 9.59 Å². The third-order valence-corrected chi connectivity index (χ3v) is 7.29. The largest absolute Gasteiger partial charge is 0.345 e. The highest BCUT2D eigenvalue weighted by Gasteiger charge is 2.15. The van der Waals surface area contributed by atoms with Gasteiger partial charge in [-0.05, 0) is 66.7 Å². The van der Waals surface area contributed by atoms with Crippen molar-refractivity contribution < 1.29 is 9.59 Å². The van der Waals surface area contributed by atoms with E-state index in [1.807, 2.05) is 36.5 Å². The van der Waals surface area contributed by atoms with Crippen LogP contribution < -0.4 is 0 Å². The molecule has 208 valence electrons. The van der Waals surface area contributed by atoms with Gasteiger partial charge in [-0.3, -0.25) is 9.59 Å². The number of hydrogen-bond acceptors (Lipinski definition) is 4. The van der Waals surface area contributed by atoms with E-state index in [-0.39, 0.29) is 11.6 Å². The third kappa shape index (κ3) is 6.81. The van der Waals surface area contributed by atoms with Gasteiger partial charge < -0.3 is 4.98 Å². The average Bonchev–Trinajstić information content (AvgIpc) is 3.75. The predicted molar refractivity (Wildman–Crippen MR) is 167 cm³/mol. The molecule has 0 bridgehead atoms. The van der Waals surface area contributed by atoms with Crippen molar-refractivity contribution in [3.05, 3.63) is 158 Å². The minimum Gasteiger partial charge on any atom is -0.345 e. The molecule has 0 saturated carbocycles. The van der Waals surface area contributed by atoms with Gasteiger partial charge in [0, 0.05) is 62.6 Å². The number of rotatable bonds is 6. The topological polar surface area (TPSA) is 80.6 Å². The Morgan fingerprint density at radius 1 is 0.667 bits per heavy atom. The SMILES string of the molecule is O=C(c1ccc(-c2ncc[nH]2)cc1)c1cc(Cl)ccc1Cl.O=C(c1ccc(-n2cccn2)cc1)c1cc(Cl)ccc1Cl. The molecule has 1 N–H and O–H groups in total. The summed E-state index contributed by atoms with van der Waals surface area (Å²) in [5, 5.41) is 5.88. The Morgan fingerprint density at radius 2 is 1.21 bits per heavy atom. The van der Waals surface area contributed by atoms with Gasteiger partial charge in [0.1, 0.15) is 5.82 Å². The van der Waals surface area contributed by atoms with E-state index in [0.29, 0.717) is 42.3 Å². The zero-order valence-electron chi connectivity index (χ0n) is 21.6. The van der Waals surface area contributed by atoms with Crippen LogP contribution in [0.3, 0.4) is 0 Å². The highest BCUT2D eigenvalue weighted by molar-refractivity contribution is 6.37. The molecular weight excluding hydrogens is 614 g/mol. The van der Waals surface area contributed by atoms with Crippen LogP contribution in [0.2, 0.25) is 20.1 Å². The van der Waals surface area contributed by atoms with Gasteiger partial charge in [-0.2, -0.15) is 5.10 Å². The molecule has 10 heteroatoms. The first-order chi connectivity index (χ1) is 20.3. The molecule has 4 aromatic carbocycles. The number of aromatic amines is 1. The van der Waals surface area contributed by atoms with E-state index in [2.05, 4.69) is 15.1 Å². The first-order valence-electron chi connectivity index (χ1n) is 12.5. The molecule has 0 unspecified atom stereocenters. The summed E-state index contributed by atoms with van der Waals surface area (Å²) in [6.45, 7) is 0. The molecule has 0 aliphatic heterocycles. The van der Waals surface area contributed by atoms with E-state index >= 15 is 0 Å². The lowest BCUT2D eigenvalue weighted by Gasteiger charge is -2.06. The van der Waals surface area contributed by atoms with Gasteiger partial charge in [-0.25, -0.2) is 9.67 Å². The molecule has 6 aromatic rings. The Morgan fingerprint density at radius 3 is 1.69 bits per heavy atom. The molecule has 0 atom stereocenters. The van der Waals surface area contributed by atoms with Crippen molar-refractivity contribution in [1.82, 2.24) is 19.7 Å². The van der Waals surface area contributed by atoms with E-state index in [1.165, 1.54) is 0 Å². The monoisotopic (exact) mass is 632 g/mol. The number of nitrogens with one attached hydrogen (secondary N) is 1. The van der Waals surface area contributed by atoms with Crippen LogP contribution in [0.1, 0.15) is 31.8 Å². The maximum absolute atomic E-state index is 12.5. The summed E-state index contributed by atoms with van der Waals surface area (Å²) in [6.07, 6.45) is 6.97. The lowest BCUT2D eigenvalue weighted by molar-refractivity contribution is 0.103. The minimum absolute atomic E-state index is 0.158. The molecule has 2 heterocycles. The van der Waals surface area contributed by atoms with Crippen molar-refractivity contribution in [1.29, 1.82) is 0 Å². The van der Waals surface area contributed by atoms with Crippen LogP contribution in [0.4, 0.5) is 0 Å². The van der Waals surface area contributed by atoms with Crippen LogP contribution in [0, 0.1) is 0 Å². The number of hydrogen-bond donors (Lipinski definition) is 1. The number of carbonyl (C=O) groups is 2. The lowest BCUT2D eigenvalue weighted by atomic mass is 10.0. The van der Waals surface area contributed by atoms with Crippen molar-refractivity contribution in [2.45, 2.75) is 0 Å². The van der Waals surface area contributed by atoms with Gasteiger partial charge in [0.2, 0.25) is 0 Å². The number of nitrogens with zero attached hydrogens (tertiary/aromatic N) is 3. The van der Waals surface area contributed by atoms with Gasteiger partial charge in [-0.1, -0.05) is 70.7 Å². The van der Waals surface area contributed by atoms with Crippen LogP contribution in [0.5, 0.6) is 0 Å². The molecule has 0 fully saturated rings. The Bertz CT molecular complexity index is 1700. The quantitative estimate of drug-likeness (QED) is 0.186. The van der Waals surface area contributed by atoms with E-state index in [4.69, 9.17) is 46.4 Å². The zero-order valence-corrected chi connectivity index (χ0v) is 24.7. The van der Waals surface area contributed by atoms with Crippen molar-refractivity contribution in [3.8, 4) is 17.1 Å². The van der Waals surface area contributed by atoms with Gasteiger partial charge in [0.05, 0.1) is 15.7 Å².